The summed E-state index contributed by atoms with van der Waals surface area (Å²) in [7, 11) is 0. The third-order valence-electron chi connectivity index (χ3n) is 2.50. The van der Waals surface area contributed by atoms with Crippen LogP contribution in [0.25, 0.3) is 10.6 Å². The fourth-order valence-electron chi connectivity index (χ4n) is 1.21. The molecule has 2 heterocycles. The molecule has 21 heavy (non-hydrogen) atoms. The zero-order chi connectivity index (χ0) is 16.0. The Morgan fingerprint density at radius 2 is 2.00 bits per heavy atom. The highest BCUT2D eigenvalue weighted by Gasteiger charge is 2.14. The van der Waals surface area contributed by atoms with E-state index >= 15 is 0 Å². The van der Waals surface area contributed by atoms with Gasteiger partial charge in [0.25, 0.3) is 0 Å². The molecule has 0 radical (unpaired) electrons. The molecular weight excluding hydrogens is 296 g/mol. The van der Waals surface area contributed by atoms with Crippen molar-refractivity contribution in [3.05, 3.63) is 29.6 Å². The molecule has 4 N–H and O–H groups in total. The van der Waals surface area contributed by atoms with E-state index in [1.807, 2.05) is 0 Å². The Kier molecular flexibility index (Phi) is 6.07. The summed E-state index contributed by atoms with van der Waals surface area (Å²) in [6.45, 7) is 3.55. The first-order chi connectivity index (χ1) is 9.82. The van der Waals surface area contributed by atoms with Gasteiger partial charge in [-0.15, -0.1) is 11.3 Å². The van der Waals surface area contributed by atoms with Crippen LogP contribution in [0.15, 0.2) is 29.1 Å². The molecule has 0 aromatic carbocycles. The molecule has 2 rings (SSSR count). The average Bonchev–Trinajstić information content (AvgIpc) is 3.08. The van der Waals surface area contributed by atoms with Gasteiger partial charge in [0.15, 0.2) is 12.2 Å². The van der Waals surface area contributed by atoms with Crippen molar-refractivity contribution in [2.24, 2.45) is 11.7 Å². The summed E-state index contributed by atoms with van der Waals surface area (Å²) >= 11 is 1.17. The second kappa shape index (κ2) is 7.55. The van der Waals surface area contributed by atoms with Crippen LogP contribution in [-0.2, 0) is 4.79 Å². The lowest BCUT2D eigenvalue weighted by molar-refractivity contribution is -0.139. The van der Waals surface area contributed by atoms with Gasteiger partial charge < -0.3 is 20.4 Å². The van der Waals surface area contributed by atoms with Crippen molar-refractivity contribution in [2.45, 2.75) is 19.9 Å². The average molecular weight is 312 g/mol. The Hall–Kier alpha value is -2.19. The molecule has 7 nitrogen and oxygen atoms in total. The first-order valence-electron chi connectivity index (χ1n) is 6.03. The van der Waals surface area contributed by atoms with Crippen LogP contribution in [0, 0.1) is 5.92 Å². The monoisotopic (exact) mass is 312 g/mol. The molecule has 0 amide bonds. The lowest BCUT2D eigenvalue weighted by Crippen LogP contribution is -2.34. The maximum Gasteiger partial charge on any atom is 0.345 e. The van der Waals surface area contributed by atoms with Gasteiger partial charge in [-0.2, -0.15) is 0 Å². The minimum atomic E-state index is -0.931. The Morgan fingerprint density at radius 1 is 1.33 bits per heavy atom. The number of oxazole rings is 1. The minimum Gasteiger partial charge on any atom is -0.480 e. The Labute approximate surface area is 125 Å². The number of carboxylic acids is 2. The topological polar surface area (TPSA) is 127 Å². The molecule has 0 aliphatic rings. The summed E-state index contributed by atoms with van der Waals surface area (Å²) in [4.78, 5) is 25.4. The maximum atomic E-state index is 10.5. The van der Waals surface area contributed by atoms with Gasteiger partial charge in [0.05, 0.1) is 11.1 Å². The quantitative estimate of drug-likeness (QED) is 0.789. The van der Waals surface area contributed by atoms with Gasteiger partial charge in [-0.1, -0.05) is 13.8 Å². The number of aromatic nitrogens is 1. The Bertz CT molecular complexity index is 591. The molecule has 8 heteroatoms. The first kappa shape index (κ1) is 16.9. The van der Waals surface area contributed by atoms with E-state index in [9.17, 15) is 9.59 Å². The summed E-state index contributed by atoms with van der Waals surface area (Å²) in [5.74, 6) is -1.24. The van der Waals surface area contributed by atoms with Crippen LogP contribution in [0.3, 0.4) is 0 Å². The molecule has 0 bridgehead atoms. The number of rotatable bonds is 4. The molecule has 0 saturated carbocycles. The predicted molar refractivity (Wildman–Crippen MR) is 77.2 cm³/mol. The molecule has 0 saturated heterocycles. The van der Waals surface area contributed by atoms with Gasteiger partial charge in [-0.3, -0.25) is 4.79 Å². The van der Waals surface area contributed by atoms with Crippen LogP contribution < -0.4 is 5.73 Å². The second-order valence-electron chi connectivity index (χ2n) is 4.44. The van der Waals surface area contributed by atoms with Crippen LogP contribution in [0.5, 0.6) is 0 Å². The molecule has 2 aromatic rings. The van der Waals surface area contributed by atoms with E-state index in [1.165, 1.54) is 17.7 Å². The number of thiophene rings is 1. The van der Waals surface area contributed by atoms with Crippen LogP contribution in [0.2, 0.25) is 0 Å². The summed E-state index contributed by atoms with van der Waals surface area (Å²) < 4.78 is 5.02. The van der Waals surface area contributed by atoms with Crippen molar-refractivity contribution in [2.75, 3.05) is 0 Å². The fraction of sp³-hybridized carbons (Fsp3) is 0.308. The molecular formula is C13H16N2O5S. The van der Waals surface area contributed by atoms with Gasteiger partial charge in [0.1, 0.15) is 10.9 Å². The first-order valence-corrected chi connectivity index (χ1v) is 6.85. The summed E-state index contributed by atoms with van der Waals surface area (Å²) in [6.07, 6.45) is 2.87. The number of nitrogens with two attached hydrogens (primary N) is 1. The third-order valence-corrected chi connectivity index (χ3v) is 3.58. The van der Waals surface area contributed by atoms with E-state index in [2.05, 4.69) is 4.98 Å². The molecule has 0 aliphatic carbocycles. The molecule has 2 aromatic heterocycles. The van der Waals surface area contributed by atoms with Gasteiger partial charge >= 0.3 is 11.9 Å². The van der Waals surface area contributed by atoms with E-state index in [-0.39, 0.29) is 5.92 Å². The van der Waals surface area contributed by atoms with Crippen molar-refractivity contribution in [1.82, 2.24) is 4.98 Å². The summed E-state index contributed by atoms with van der Waals surface area (Å²) in [5, 5.41) is 16.9. The number of hydrogen-bond acceptors (Lipinski definition) is 6. The van der Waals surface area contributed by atoms with E-state index < -0.39 is 18.0 Å². The highest BCUT2D eigenvalue weighted by atomic mass is 32.1. The van der Waals surface area contributed by atoms with E-state index in [4.69, 9.17) is 20.4 Å². The van der Waals surface area contributed by atoms with Gasteiger partial charge in [0.2, 0.25) is 0 Å². The number of aliphatic carboxylic acids is 1. The highest BCUT2D eigenvalue weighted by molar-refractivity contribution is 7.17. The standard InChI is InChI=1S/C8H5NO3S.C5H11NO2/c10-8(11)7-2-1-6(13-7)5-3-9-4-12-5;1-3(2)4(6)5(7)8/h1-4H,(H,10,11);3-4H,6H2,1-2H3,(H,7,8)/t;4-/m.0/s1. The molecule has 1 atom stereocenters. The van der Waals surface area contributed by atoms with Crippen LogP contribution in [0.4, 0.5) is 0 Å². The zero-order valence-corrected chi connectivity index (χ0v) is 12.3. The summed E-state index contributed by atoms with van der Waals surface area (Å²) in [6, 6.07) is 2.54. The third kappa shape index (κ3) is 5.01. The zero-order valence-electron chi connectivity index (χ0n) is 11.5. The summed E-state index contributed by atoms with van der Waals surface area (Å²) in [5.41, 5.74) is 5.16. The largest absolute Gasteiger partial charge is 0.480 e. The Balaban J connectivity index is 0.000000240. The predicted octanol–water partition coefficient (Wildman–Crippen LogP) is 2.16. The number of nitrogens with zero attached hydrogens (tertiary/aromatic N) is 1. The van der Waals surface area contributed by atoms with E-state index in [0.717, 1.165) is 4.88 Å². The fourth-order valence-corrected chi connectivity index (χ4v) is 2.01. The van der Waals surface area contributed by atoms with Gasteiger partial charge in [0, 0.05) is 0 Å². The second-order valence-corrected chi connectivity index (χ2v) is 5.53. The van der Waals surface area contributed by atoms with Gasteiger partial charge in [-0.05, 0) is 18.1 Å². The number of carboxylic acid groups (broad SMARTS) is 2. The highest BCUT2D eigenvalue weighted by Crippen LogP contribution is 2.27. The smallest absolute Gasteiger partial charge is 0.345 e. The van der Waals surface area contributed by atoms with Crippen molar-refractivity contribution in [3.63, 3.8) is 0 Å². The van der Waals surface area contributed by atoms with Crippen LogP contribution >= 0.6 is 11.3 Å². The molecule has 0 spiro atoms. The molecule has 0 aliphatic heterocycles. The normalized spacial score (nSPS) is 11.6. The van der Waals surface area contributed by atoms with Crippen molar-refractivity contribution in [3.8, 4) is 10.6 Å². The van der Waals surface area contributed by atoms with Crippen molar-refractivity contribution >= 4 is 23.3 Å². The van der Waals surface area contributed by atoms with Crippen LogP contribution in [0.1, 0.15) is 23.5 Å². The number of aromatic carboxylic acids is 1. The van der Waals surface area contributed by atoms with Gasteiger partial charge in [-0.25, -0.2) is 9.78 Å². The molecule has 0 unspecified atom stereocenters. The number of carbonyl (C=O) groups is 2. The lowest BCUT2D eigenvalue weighted by atomic mass is 10.1. The SMILES string of the molecule is CC(C)[C@H](N)C(=O)O.O=C(O)c1ccc(-c2cnco2)s1. The van der Waals surface area contributed by atoms with E-state index in [1.54, 1.807) is 32.2 Å². The van der Waals surface area contributed by atoms with Crippen LogP contribution in [-0.4, -0.2) is 33.2 Å². The lowest BCUT2D eigenvalue weighted by Gasteiger charge is -2.07. The molecule has 0 fully saturated rings. The van der Waals surface area contributed by atoms with E-state index in [0.29, 0.717) is 10.6 Å². The van der Waals surface area contributed by atoms with Crippen molar-refractivity contribution in [1.29, 1.82) is 0 Å². The minimum absolute atomic E-state index is 0.0208. The molecule has 114 valence electrons. The van der Waals surface area contributed by atoms with Crippen molar-refractivity contribution < 1.29 is 24.2 Å². The maximum absolute atomic E-state index is 10.5. The Morgan fingerprint density at radius 3 is 2.33 bits per heavy atom. The number of hydrogen-bond donors (Lipinski definition) is 3.